The summed E-state index contributed by atoms with van der Waals surface area (Å²) >= 11 is 0. The number of likely N-dealkylation sites (tertiary alicyclic amines) is 2. The Bertz CT molecular complexity index is 1120. The van der Waals surface area contributed by atoms with Gasteiger partial charge in [-0.2, -0.15) is 0 Å². The Labute approximate surface area is 207 Å². The molecule has 5 rings (SSSR count). The van der Waals surface area contributed by atoms with Gasteiger partial charge in [0.15, 0.2) is 0 Å². The lowest BCUT2D eigenvalue weighted by molar-refractivity contribution is -0.130. The quantitative estimate of drug-likeness (QED) is 0.666. The fraction of sp³-hybridized carbons (Fsp3) is 0.500. The third-order valence-electron chi connectivity index (χ3n) is 8.31. The summed E-state index contributed by atoms with van der Waals surface area (Å²) in [5.41, 5.74) is 4.97. The highest BCUT2D eigenvalue weighted by Gasteiger charge is 2.40. The summed E-state index contributed by atoms with van der Waals surface area (Å²) in [4.78, 5) is 39.9. The van der Waals surface area contributed by atoms with Crippen LogP contribution in [0.2, 0.25) is 0 Å². The molecule has 2 fully saturated rings. The Balaban J connectivity index is 1.24. The number of benzene rings is 1. The number of nitrogens with zero attached hydrogens (tertiary/aromatic N) is 5. The van der Waals surface area contributed by atoms with E-state index in [0.717, 1.165) is 69.9 Å². The lowest BCUT2D eigenvalue weighted by atomic mass is 9.70. The molecule has 3 aliphatic heterocycles. The van der Waals surface area contributed by atoms with Gasteiger partial charge in [0.1, 0.15) is 6.33 Å². The molecular formula is C28H35N5O2. The molecule has 184 valence electrons. The monoisotopic (exact) mass is 473 g/mol. The molecule has 0 spiro atoms. The second-order valence-corrected chi connectivity index (χ2v) is 10.4. The summed E-state index contributed by atoms with van der Waals surface area (Å²) in [5.74, 6) is 0.586. The van der Waals surface area contributed by atoms with Crippen LogP contribution in [0.3, 0.4) is 0 Å². The maximum atomic E-state index is 13.2. The molecule has 4 heterocycles. The van der Waals surface area contributed by atoms with Crippen LogP contribution < -0.4 is 0 Å². The van der Waals surface area contributed by atoms with Crippen LogP contribution in [0.1, 0.15) is 53.5 Å². The summed E-state index contributed by atoms with van der Waals surface area (Å²) in [7, 11) is 0. The average molecular weight is 474 g/mol. The zero-order chi connectivity index (χ0) is 24.6. The molecule has 0 radical (unpaired) electrons. The van der Waals surface area contributed by atoms with Crippen molar-refractivity contribution in [2.24, 2.45) is 5.92 Å². The summed E-state index contributed by atoms with van der Waals surface area (Å²) in [6.07, 6.45) is 6.69. The van der Waals surface area contributed by atoms with E-state index in [1.807, 2.05) is 23.6 Å². The van der Waals surface area contributed by atoms with Crippen molar-refractivity contribution in [3.8, 4) is 0 Å². The van der Waals surface area contributed by atoms with Gasteiger partial charge >= 0.3 is 0 Å². The number of fused-ring (bicyclic) bond motifs is 1. The number of rotatable bonds is 5. The van der Waals surface area contributed by atoms with Crippen LogP contribution in [-0.2, 0) is 10.2 Å². The molecule has 1 aromatic heterocycles. The maximum absolute atomic E-state index is 13.2. The van der Waals surface area contributed by atoms with Gasteiger partial charge in [-0.1, -0.05) is 30.3 Å². The van der Waals surface area contributed by atoms with E-state index in [1.54, 1.807) is 6.92 Å². The first kappa shape index (κ1) is 23.7. The molecule has 0 bridgehead atoms. The number of carbonyl (C=O) groups is 2. The lowest BCUT2D eigenvalue weighted by Crippen LogP contribution is -2.45. The molecule has 1 atom stereocenters. The van der Waals surface area contributed by atoms with Gasteiger partial charge in [-0.3, -0.25) is 14.5 Å². The minimum atomic E-state index is 0.00862. The Morgan fingerprint density at radius 2 is 1.71 bits per heavy atom. The molecule has 0 aliphatic carbocycles. The van der Waals surface area contributed by atoms with Crippen LogP contribution in [0.4, 0.5) is 0 Å². The second-order valence-electron chi connectivity index (χ2n) is 10.4. The SMILES string of the molecule is CC(=O)N1CCC(CCN2CC3=CN(C(=O)c4c(C)ncnc4C)CC3C2)(c2ccccc2)CC1. The maximum Gasteiger partial charge on any atom is 0.261 e. The molecule has 2 amide bonds. The molecule has 2 aromatic rings. The van der Waals surface area contributed by atoms with E-state index in [2.05, 4.69) is 51.4 Å². The first-order valence-corrected chi connectivity index (χ1v) is 12.7. The van der Waals surface area contributed by atoms with E-state index in [4.69, 9.17) is 0 Å². The van der Waals surface area contributed by atoms with Crippen molar-refractivity contribution in [2.75, 3.05) is 39.3 Å². The van der Waals surface area contributed by atoms with E-state index in [-0.39, 0.29) is 17.2 Å². The summed E-state index contributed by atoms with van der Waals surface area (Å²) in [6.45, 7) is 10.7. The molecule has 2 saturated heterocycles. The van der Waals surface area contributed by atoms with Gasteiger partial charge in [-0.05, 0) is 56.2 Å². The highest BCUT2D eigenvalue weighted by molar-refractivity contribution is 5.97. The number of aryl methyl sites for hydroxylation is 2. The highest BCUT2D eigenvalue weighted by Crippen LogP contribution is 2.40. The van der Waals surface area contributed by atoms with Gasteiger partial charge in [0.25, 0.3) is 5.91 Å². The Kier molecular flexibility index (Phi) is 6.45. The van der Waals surface area contributed by atoms with E-state index in [1.165, 1.54) is 17.5 Å². The summed E-state index contributed by atoms with van der Waals surface area (Å²) in [6, 6.07) is 10.9. The van der Waals surface area contributed by atoms with E-state index >= 15 is 0 Å². The minimum Gasteiger partial charge on any atom is -0.343 e. The van der Waals surface area contributed by atoms with Crippen molar-refractivity contribution in [2.45, 2.75) is 45.4 Å². The lowest BCUT2D eigenvalue weighted by Gasteiger charge is -2.43. The van der Waals surface area contributed by atoms with Crippen LogP contribution >= 0.6 is 0 Å². The highest BCUT2D eigenvalue weighted by atomic mass is 16.2. The van der Waals surface area contributed by atoms with E-state index in [0.29, 0.717) is 11.5 Å². The first-order valence-electron chi connectivity index (χ1n) is 12.7. The Morgan fingerprint density at radius 1 is 1.03 bits per heavy atom. The van der Waals surface area contributed by atoms with Gasteiger partial charge in [-0.25, -0.2) is 9.97 Å². The van der Waals surface area contributed by atoms with E-state index < -0.39 is 0 Å². The first-order chi connectivity index (χ1) is 16.9. The Morgan fingerprint density at radius 3 is 2.34 bits per heavy atom. The molecular weight excluding hydrogens is 438 g/mol. The number of carbonyl (C=O) groups excluding carboxylic acids is 2. The van der Waals surface area contributed by atoms with Crippen LogP contribution in [0.15, 0.2) is 48.4 Å². The largest absolute Gasteiger partial charge is 0.343 e. The number of amides is 2. The number of aromatic nitrogens is 2. The molecule has 1 unspecified atom stereocenters. The fourth-order valence-electron chi connectivity index (χ4n) is 6.15. The van der Waals surface area contributed by atoms with Crippen LogP contribution in [0.25, 0.3) is 0 Å². The normalized spacial score (nSPS) is 21.7. The zero-order valence-electron chi connectivity index (χ0n) is 21.0. The average Bonchev–Trinajstić information content (AvgIpc) is 3.42. The molecule has 3 aliphatic rings. The zero-order valence-corrected chi connectivity index (χ0v) is 21.0. The molecule has 7 nitrogen and oxygen atoms in total. The predicted molar refractivity (Wildman–Crippen MR) is 135 cm³/mol. The predicted octanol–water partition coefficient (Wildman–Crippen LogP) is 3.34. The van der Waals surface area contributed by atoms with Gasteiger partial charge in [0.2, 0.25) is 5.91 Å². The van der Waals surface area contributed by atoms with Gasteiger partial charge < -0.3 is 9.80 Å². The van der Waals surface area contributed by atoms with Crippen LogP contribution in [-0.4, -0.2) is 75.8 Å². The minimum absolute atomic E-state index is 0.00862. The van der Waals surface area contributed by atoms with Crippen molar-refractivity contribution in [3.05, 3.63) is 70.9 Å². The number of piperidine rings is 1. The summed E-state index contributed by atoms with van der Waals surface area (Å²) < 4.78 is 0. The molecule has 0 saturated carbocycles. The van der Waals surface area contributed by atoms with E-state index in [9.17, 15) is 9.59 Å². The van der Waals surface area contributed by atoms with Crippen molar-refractivity contribution in [3.63, 3.8) is 0 Å². The number of hydrogen-bond acceptors (Lipinski definition) is 5. The van der Waals surface area contributed by atoms with Crippen LogP contribution in [0, 0.1) is 19.8 Å². The molecule has 1 aromatic carbocycles. The van der Waals surface area contributed by atoms with Crippen molar-refractivity contribution >= 4 is 11.8 Å². The third kappa shape index (κ3) is 4.61. The smallest absolute Gasteiger partial charge is 0.261 e. The fourth-order valence-corrected chi connectivity index (χ4v) is 6.15. The third-order valence-corrected chi connectivity index (χ3v) is 8.31. The number of hydrogen-bond donors (Lipinski definition) is 0. The van der Waals surface area contributed by atoms with Crippen LogP contribution in [0.5, 0.6) is 0 Å². The van der Waals surface area contributed by atoms with Crippen molar-refractivity contribution < 1.29 is 9.59 Å². The Hall–Kier alpha value is -3.06. The molecule has 7 heteroatoms. The topological polar surface area (TPSA) is 69.6 Å². The summed E-state index contributed by atoms with van der Waals surface area (Å²) in [5, 5.41) is 0. The van der Waals surface area contributed by atoms with Gasteiger partial charge in [0.05, 0.1) is 17.0 Å². The molecule has 35 heavy (non-hydrogen) atoms. The van der Waals surface area contributed by atoms with Crippen molar-refractivity contribution in [1.29, 1.82) is 0 Å². The van der Waals surface area contributed by atoms with Crippen molar-refractivity contribution in [1.82, 2.24) is 24.7 Å². The van der Waals surface area contributed by atoms with Gasteiger partial charge in [0, 0.05) is 51.8 Å². The standard InChI is InChI=1S/C28H35N5O2/c1-20-26(21(2)30-19-29-20)27(35)33-17-23-15-31(16-24(23)18-33)12-9-28(25-7-5-4-6-8-25)10-13-32(14-11-28)22(3)34/h4-8,17,19,24H,9-16,18H2,1-3H3. The van der Waals surface area contributed by atoms with Gasteiger partial charge in [-0.15, -0.1) is 0 Å². The molecule has 0 N–H and O–H groups in total. The second kappa shape index (κ2) is 9.53.